The van der Waals surface area contributed by atoms with Crippen molar-refractivity contribution in [1.29, 1.82) is 0 Å². The van der Waals surface area contributed by atoms with Crippen LogP contribution in [0.15, 0.2) is 170 Å². The van der Waals surface area contributed by atoms with E-state index in [2.05, 4.69) is 211 Å². The molecule has 0 nitrogen and oxygen atoms in total. The van der Waals surface area contributed by atoms with Gasteiger partial charge in [0, 0.05) is 16.2 Å². The lowest BCUT2D eigenvalue weighted by Crippen LogP contribution is -2.24. The third-order valence-corrected chi connectivity index (χ3v) is 14.6. The van der Waals surface area contributed by atoms with Crippen LogP contribution in [-0.2, 0) is 16.2 Å². The lowest BCUT2D eigenvalue weighted by Gasteiger charge is -2.31. The molecule has 0 N–H and O–H groups in total. The molecule has 0 heterocycles. The third kappa shape index (κ3) is 4.50. The largest absolute Gasteiger partial charge is 0.0622 e. The SMILES string of the molecule is CC1(C)c2ccc(-c3cccc4c3C(C)(C)c3c-4ccc4c3C(C)(C)c3ccccc3-4)cc2-c2ccc(-c3c4ccccc4c(-c4ccccc4)c4ccccc34)cc21. The maximum atomic E-state index is 2.51. The predicted octanol–water partition coefficient (Wildman–Crippen LogP) is 15.9. The number of benzene rings is 9. The van der Waals surface area contributed by atoms with Crippen LogP contribution in [0.4, 0.5) is 0 Å². The molecule has 3 aliphatic rings. The molecular formula is C59H46. The van der Waals surface area contributed by atoms with Crippen molar-refractivity contribution in [2.75, 3.05) is 0 Å². The smallest absolute Gasteiger partial charge is 0.0168 e. The lowest BCUT2D eigenvalue weighted by molar-refractivity contribution is 0.602. The van der Waals surface area contributed by atoms with Crippen molar-refractivity contribution in [3.05, 3.63) is 203 Å². The Morgan fingerprint density at radius 1 is 0.254 bits per heavy atom. The molecule has 12 rings (SSSR count). The van der Waals surface area contributed by atoms with E-state index in [9.17, 15) is 0 Å². The second kappa shape index (κ2) is 11.8. The Morgan fingerprint density at radius 2 is 0.729 bits per heavy atom. The van der Waals surface area contributed by atoms with E-state index in [1.54, 1.807) is 0 Å². The third-order valence-electron chi connectivity index (χ3n) is 14.6. The second-order valence-electron chi connectivity index (χ2n) is 18.8. The van der Waals surface area contributed by atoms with Gasteiger partial charge in [0.15, 0.2) is 0 Å². The molecule has 0 spiro atoms. The molecular weight excluding hydrogens is 709 g/mol. The Kier molecular flexibility index (Phi) is 6.91. The van der Waals surface area contributed by atoms with Gasteiger partial charge in [-0.25, -0.2) is 0 Å². The quantitative estimate of drug-likeness (QED) is 0.158. The van der Waals surface area contributed by atoms with Crippen molar-refractivity contribution in [2.45, 2.75) is 57.8 Å². The van der Waals surface area contributed by atoms with Gasteiger partial charge < -0.3 is 0 Å². The van der Waals surface area contributed by atoms with Crippen LogP contribution >= 0.6 is 0 Å². The fourth-order valence-corrected chi connectivity index (χ4v) is 12.0. The molecule has 59 heavy (non-hydrogen) atoms. The molecule has 0 fully saturated rings. The summed E-state index contributed by atoms with van der Waals surface area (Å²) in [4.78, 5) is 0. The highest BCUT2D eigenvalue weighted by Gasteiger charge is 2.46. The van der Waals surface area contributed by atoms with Crippen LogP contribution in [0.5, 0.6) is 0 Å². The summed E-state index contributed by atoms with van der Waals surface area (Å²) >= 11 is 0. The fraction of sp³-hybridized carbons (Fsp3) is 0.153. The highest BCUT2D eigenvalue weighted by molar-refractivity contribution is 6.21. The Hall–Kier alpha value is -6.50. The number of hydrogen-bond donors (Lipinski definition) is 0. The van der Waals surface area contributed by atoms with Gasteiger partial charge in [0.05, 0.1) is 0 Å². The standard InChI is InChI=1S/C59H46/c1-57(2)50-32-28-36(38-24-16-25-45-47-31-30-46-39-19-14-15-26-49(39)58(3,4)55(46)56(47)59(5,6)54(38)45)33-48(50)40-29-27-37(34-51(40)57)53-43-22-12-10-20-41(43)52(35-17-8-7-9-18-35)42-21-11-13-23-44(42)53/h7-34H,1-6H3. The van der Waals surface area contributed by atoms with Gasteiger partial charge in [-0.3, -0.25) is 0 Å². The molecule has 0 saturated carbocycles. The normalized spacial score (nSPS) is 15.7. The summed E-state index contributed by atoms with van der Waals surface area (Å²) in [6.45, 7) is 14.6. The molecule has 0 bridgehead atoms. The van der Waals surface area contributed by atoms with Gasteiger partial charge in [0.2, 0.25) is 0 Å². The van der Waals surface area contributed by atoms with Crippen LogP contribution in [0.2, 0.25) is 0 Å². The van der Waals surface area contributed by atoms with Crippen molar-refractivity contribution in [3.8, 4) is 66.8 Å². The molecule has 9 aromatic carbocycles. The average Bonchev–Trinajstić information content (AvgIpc) is 3.74. The molecule has 0 unspecified atom stereocenters. The highest BCUT2D eigenvalue weighted by atomic mass is 14.5. The van der Waals surface area contributed by atoms with E-state index >= 15 is 0 Å². The van der Waals surface area contributed by atoms with Gasteiger partial charge in [0.1, 0.15) is 0 Å². The van der Waals surface area contributed by atoms with E-state index in [1.165, 1.54) is 122 Å². The number of rotatable bonds is 3. The van der Waals surface area contributed by atoms with Crippen LogP contribution in [0.25, 0.3) is 88.3 Å². The molecule has 0 radical (unpaired) electrons. The van der Waals surface area contributed by atoms with Crippen LogP contribution < -0.4 is 0 Å². The maximum Gasteiger partial charge on any atom is 0.0168 e. The molecule has 0 aliphatic heterocycles. The topological polar surface area (TPSA) is 0 Å². The van der Waals surface area contributed by atoms with Gasteiger partial charge in [-0.2, -0.15) is 0 Å². The van der Waals surface area contributed by atoms with Crippen molar-refractivity contribution < 1.29 is 0 Å². The van der Waals surface area contributed by atoms with Crippen molar-refractivity contribution in [3.63, 3.8) is 0 Å². The molecule has 9 aromatic rings. The zero-order chi connectivity index (χ0) is 40.0. The summed E-state index contributed by atoms with van der Waals surface area (Å²) in [5.41, 5.74) is 24.3. The molecule has 3 aliphatic carbocycles. The molecule has 0 atom stereocenters. The minimum atomic E-state index is -0.168. The molecule has 0 saturated heterocycles. The van der Waals surface area contributed by atoms with Gasteiger partial charge in [-0.05, 0) is 134 Å². The van der Waals surface area contributed by atoms with E-state index in [4.69, 9.17) is 0 Å². The molecule has 0 heteroatoms. The Morgan fingerprint density at radius 3 is 1.42 bits per heavy atom. The van der Waals surface area contributed by atoms with E-state index in [0.29, 0.717) is 0 Å². The van der Waals surface area contributed by atoms with Gasteiger partial charge in [-0.1, -0.05) is 199 Å². The second-order valence-corrected chi connectivity index (χ2v) is 18.8. The molecule has 0 amide bonds. The summed E-state index contributed by atoms with van der Waals surface area (Å²) in [5.74, 6) is 0. The number of hydrogen-bond acceptors (Lipinski definition) is 0. The summed E-state index contributed by atoms with van der Waals surface area (Å²) in [6, 6.07) is 64.3. The lowest BCUT2D eigenvalue weighted by atomic mass is 9.71. The minimum absolute atomic E-state index is 0.0685. The Bertz CT molecular complexity index is 3220. The first-order valence-corrected chi connectivity index (χ1v) is 21.3. The van der Waals surface area contributed by atoms with Crippen LogP contribution in [0, 0.1) is 0 Å². The van der Waals surface area contributed by atoms with E-state index < -0.39 is 0 Å². The monoisotopic (exact) mass is 754 g/mol. The first-order valence-electron chi connectivity index (χ1n) is 21.3. The van der Waals surface area contributed by atoms with Crippen molar-refractivity contribution in [1.82, 2.24) is 0 Å². The summed E-state index contributed by atoms with van der Waals surface area (Å²) in [7, 11) is 0. The first kappa shape index (κ1) is 34.5. The zero-order valence-electron chi connectivity index (χ0n) is 34.7. The predicted molar refractivity (Wildman–Crippen MR) is 250 cm³/mol. The fourth-order valence-electron chi connectivity index (χ4n) is 12.0. The number of fused-ring (bicyclic) bond motifs is 12. The zero-order valence-corrected chi connectivity index (χ0v) is 34.7. The van der Waals surface area contributed by atoms with E-state index in [1.807, 2.05) is 0 Å². The van der Waals surface area contributed by atoms with Crippen LogP contribution in [-0.4, -0.2) is 0 Å². The Labute approximate surface area is 347 Å². The highest BCUT2D eigenvalue weighted by Crippen LogP contribution is 2.61. The van der Waals surface area contributed by atoms with Gasteiger partial charge in [0.25, 0.3) is 0 Å². The maximum absolute atomic E-state index is 2.51. The van der Waals surface area contributed by atoms with Crippen LogP contribution in [0.1, 0.15) is 74.9 Å². The Balaban J connectivity index is 1.01. The minimum Gasteiger partial charge on any atom is -0.0622 e. The summed E-state index contributed by atoms with van der Waals surface area (Å²) in [6.07, 6.45) is 0. The van der Waals surface area contributed by atoms with Crippen molar-refractivity contribution in [2.24, 2.45) is 0 Å². The van der Waals surface area contributed by atoms with Gasteiger partial charge in [-0.15, -0.1) is 0 Å². The van der Waals surface area contributed by atoms with Crippen LogP contribution in [0.3, 0.4) is 0 Å². The van der Waals surface area contributed by atoms with Gasteiger partial charge >= 0.3 is 0 Å². The van der Waals surface area contributed by atoms with Crippen molar-refractivity contribution >= 4 is 21.5 Å². The first-order chi connectivity index (χ1) is 28.6. The molecule has 0 aromatic heterocycles. The van der Waals surface area contributed by atoms with E-state index in [-0.39, 0.29) is 16.2 Å². The summed E-state index contributed by atoms with van der Waals surface area (Å²) < 4.78 is 0. The molecule has 282 valence electrons. The summed E-state index contributed by atoms with van der Waals surface area (Å²) in [5, 5.41) is 5.16. The average molecular weight is 755 g/mol. The van der Waals surface area contributed by atoms with E-state index in [0.717, 1.165) is 0 Å².